The number of nitrogens with zero attached hydrogens (tertiary/aromatic N) is 2. The largest absolute Gasteiger partial charge is 0.416 e. The Morgan fingerprint density at radius 2 is 1.86 bits per heavy atom. The lowest BCUT2D eigenvalue weighted by atomic mass is 9.96. The van der Waals surface area contributed by atoms with Crippen LogP contribution in [-0.4, -0.2) is 33.4 Å². The molecule has 0 spiro atoms. The van der Waals surface area contributed by atoms with E-state index in [1.165, 1.54) is 12.0 Å². The zero-order chi connectivity index (χ0) is 20.6. The lowest BCUT2D eigenvalue weighted by Crippen LogP contribution is -2.47. The van der Waals surface area contributed by atoms with Gasteiger partial charge in [-0.25, -0.2) is 4.79 Å². The third kappa shape index (κ3) is 6.59. The minimum atomic E-state index is -0.521. The van der Waals surface area contributed by atoms with Gasteiger partial charge < -0.3 is 9.73 Å². The van der Waals surface area contributed by atoms with E-state index in [1.54, 1.807) is 6.92 Å². The number of imide groups is 1. The van der Waals surface area contributed by atoms with Crippen LogP contribution >= 0.6 is 11.8 Å². The highest BCUT2D eigenvalue weighted by Crippen LogP contribution is 2.25. The number of hydrogen-bond donors (Lipinski definition) is 2. The molecular formula is C21H28N4O3S. The summed E-state index contributed by atoms with van der Waals surface area (Å²) in [5.41, 5.74) is 1.21. The second-order valence-electron chi connectivity index (χ2n) is 7.54. The molecule has 8 heteroatoms. The number of nitrogens with one attached hydrogen (secondary N) is 2. The van der Waals surface area contributed by atoms with E-state index in [1.807, 2.05) is 18.2 Å². The van der Waals surface area contributed by atoms with Gasteiger partial charge in [-0.2, -0.15) is 0 Å². The van der Waals surface area contributed by atoms with Gasteiger partial charge in [0.05, 0.1) is 5.25 Å². The molecule has 2 unspecified atom stereocenters. The van der Waals surface area contributed by atoms with Gasteiger partial charge in [-0.3, -0.25) is 10.1 Å². The summed E-state index contributed by atoms with van der Waals surface area (Å²) in [5.74, 6) is 0.408. The van der Waals surface area contributed by atoms with Gasteiger partial charge in [-0.15, -0.1) is 10.2 Å². The van der Waals surface area contributed by atoms with Crippen LogP contribution in [0.4, 0.5) is 4.79 Å². The van der Waals surface area contributed by atoms with Gasteiger partial charge in [0, 0.05) is 12.5 Å². The molecule has 1 aliphatic carbocycles. The first kappa shape index (κ1) is 21.4. The van der Waals surface area contributed by atoms with Crippen LogP contribution in [0.25, 0.3) is 0 Å². The number of aromatic nitrogens is 2. The maximum Gasteiger partial charge on any atom is 0.321 e. The van der Waals surface area contributed by atoms with Crippen molar-refractivity contribution >= 4 is 23.7 Å². The molecule has 29 heavy (non-hydrogen) atoms. The molecule has 1 aliphatic rings. The summed E-state index contributed by atoms with van der Waals surface area (Å²) in [6.07, 6.45) is 6.02. The van der Waals surface area contributed by atoms with Gasteiger partial charge >= 0.3 is 6.03 Å². The smallest absolute Gasteiger partial charge is 0.321 e. The summed E-state index contributed by atoms with van der Waals surface area (Å²) in [5, 5.41) is 13.2. The number of amides is 3. The second-order valence-corrected chi connectivity index (χ2v) is 8.83. The fraction of sp³-hybridized carbons (Fsp3) is 0.524. The number of carbonyl (C=O) groups excluding carboxylic acids is 2. The quantitative estimate of drug-likeness (QED) is 0.661. The molecule has 0 radical (unpaired) electrons. The van der Waals surface area contributed by atoms with Crippen molar-refractivity contribution in [1.29, 1.82) is 0 Å². The SMILES string of the molecule is CC(Sc1nnc(CC(C)c2ccccc2)o1)C(=O)NC(=O)NC1CCCCC1. The van der Waals surface area contributed by atoms with E-state index in [4.69, 9.17) is 4.42 Å². The van der Waals surface area contributed by atoms with Crippen LogP contribution in [0.2, 0.25) is 0 Å². The minimum absolute atomic E-state index is 0.157. The Morgan fingerprint density at radius 3 is 2.59 bits per heavy atom. The molecule has 3 rings (SSSR count). The van der Waals surface area contributed by atoms with E-state index in [2.05, 4.69) is 39.9 Å². The van der Waals surface area contributed by atoms with Crippen molar-refractivity contribution in [3.8, 4) is 0 Å². The van der Waals surface area contributed by atoms with Crippen LogP contribution in [-0.2, 0) is 11.2 Å². The number of benzene rings is 1. The van der Waals surface area contributed by atoms with Gasteiger partial charge in [-0.05, 0) is 31.2 Å². The van der Waals surface area contributed by atoms with Crippen molar-refractivity contribution in [2.45, 2.75) is 74.8 Å². The van der Waals surface area contributed by atoms with Crippen molar-refractivity contribution in [2.75, 3.05) is 0 Å². The maximum atomic E-state index is 12.3. The molecule has 3 amide bonds. The molecule has 2 aromatic rings. The zero-order valence-corrected chi connectivity index (χ0v) is 17.7. The molecule has 7 nitrogen and oxygen atoms in total. The third-order valence-corrected chi connectivity index (χ3v) is 6.06. The first-order valence-corrected chi connectivity index (χ1v) is 11.0. The van der Waals surface area contributed by atoms with Crippen LogP contribution in [0.1, 0.15) is 63.3 Å². The Bertz CT molecular complexity index is 805. The molecule has 1 aromatic heterocycles. The van der Waals surface area contributed by atoms with Crippen molar-refractivity contribution < 1.29 is 14.0 Å². The summed E-state index contributed by atoms with van der Waals surface area (Å²) in [6.45, 7) is 3.82. The van der Waals surface area contributed by atoms with Crippen molar-refractivity contribution in [1.82, 2.24) is 20.8 Å². The van der Waals surface area contributed by atoms with Crippen molar-refractivity contribution in [2.24, 2.45) is 0 Å². The highest BCUT2D eigenvalue weighted by Gasteiger charge is 2.22. The lowest BCUT2D eigenvalue weighted by molar-refractivity contribution is -0.119. The third-order valence-electron chi connectivity index (χ3n) is 5.12. The minimum Gasteiger partial charge on any atom is -0.416 e. The van der Waals surface area contributed by atoms with E-state index < -0.39 is 11.3 Å². The predicted octanol–water partition coefficient (Wildman–Crippen LogP) is 4.05. The molecule has 2 N–H and O–H groups in total. The molecule has 1 fully saturated rings. The van der Waals surface area contributed by atoms with E-state index in [-0.39, 0.29) is 17.9 Å². The van der Waals surface area contributed by atoms with E-state index >= 15 is 0 Å². The Morgan fingerprint density at radius 1 is 1.14 bits per heavy atom. The lowest BCUT2D eigenvalue weighted by Gasteiger charge is -2.22. The first-order chi connectivity index (χ1) is 14.0. The maximum absolute atomic E-state index is 12.3. The fourth-order valence-corrected chi connectivity index (χ4v) is 4.12. The number of thioether (sulfide) groups is 1. The Kier molecular flexibility index (Phi) is 7.69. The zero-order valence-electron chi connectivity index (χ0n) is 16.9. The van der Waals surface area contributed by atoms with Gasteiger partial charge in [0.25, 0.3) is 5.22 Å². The van der Waals surface area contributed by atoms with Gasteiger partial charge in [0.2, 0.25) is 11.8 Å². The Hall–Kier alpha value is -2.35. The van der Waals surface area contributed by atoms with Crippen LogP contribution in [0.5, 0.6) is 0 Å². The van der Waals surface area contributed by atoms with Gasteiger partial charge in [-0.1, -0.05) is 68.3 Å². The molecule has 0 aliphatic heterocycles. The molecular weight excluding hydrogens is 388 g/mol. The average molecular weight is 417 g/mol. The fourth-order valence-electron chi connectivity index (χ4n) is 3.42. The standard InChI is InChI=1S/C21H28N4O3S/c1-14(16-9-5-3-6-10-16)13-18-24-25-21(28-18)29-15(2)19(26)23-20(27)22-17-11-7-4-8-12-17/h3,5-6,9-10,14-15,17H,4,7-8,11-13H2,1-2H3,(H2,22,23,26,27). The van der Waals surface area contributed by atoms with Crippen LogP contribution in [0.3, 0.4) is 0 Å². The molecule has 1 heterocycles. The normalized spacial score (nSPS) is 16.8. The average Bonchev–Trinajstić information content (AvgIpc) is 3.15. The number of rotatable bonds is 7. The molecule has 156 valence electrons. The van der Waals surface area contributed by atoms with Gasteiger partial charge in [0.15, 0.2) is 0 Å². The molecule has 1 aromatic carbocycles. The number of hydrogen-bond acceptors (Lipinski definition) is 6. The summed E-state index contributed by atoms with van der Waals surface area (Å²) >= 11 is 1.15. The van der Waals surface area contributed by atoms with Crippen molar-refractivity contribution in [3.63, 3.8) is 0 Å². The first-order valence-electron chi connectivity index (χ1n) is 10.2. The topological polar surface area (TPSA) is 97.1 Å². The summed E-state index contributed by atoms with van der Waals surface area (Å²) < 4.78 is 5.68. The predicted molar refractivity (Wildman–Crippen MR) is 112 cm³/mol. The molecule has 0 saturated heterocycles. The molecule has 0 bridgehead atoms. The van der Waals surface area contributed by atoms with Crippen LogP contribution in [0, 0.1) is 0 Å². The summed E-state index contributed by atoms with van der Waals surface area (Å²) in [6, 6.07) is 9.86. The summed E-state index contributed by atoms with van der Waals surface area (Å²) in [7, 11) is 0. The molecule has 2 atom stereocenters. The monoisotopic (exact) mass is 416 g/mol. The highest BCUT2D eigenvalue weighted by molar-refractivity contribution is 8.00. The Labute approximate surface area is 175 Å². The number of carbonyl (C=O) groups is 2. The number of urea groups is 1. The Balaban J connectivity index is 1.45. The van der Waals surface area contributed by atoms with Crippen LogP contribution < -0.4 is 10.6 Å². The molecule has 1 saturated carbocycles. The van der Waals surface area contributed by atoms with E-state index in [0.29, 0.717) is 17.5 Å². The van der Waals surface area contributed by atoms with E-state index in [9.17, 15) is 9.59 Å². The highest BCUT2D eigenvalue weighted by atomic mass is 32.2. The van der Waals surface area contributed by atoms with E-state index in [0.717, 1.165) is 37.4 Å². The second kappa shape index (κ2) is 10.4. The summed E-state index contributed by atoms with van der Waals surface area (Å²) in [4.78, 5) is 24.3. The van der Waals surface area contributed by atoms with Crippen molar-refractivity contribution in [3.05, 3.63) is 41.8 Å². The van der Waals surface area contributed by atoms with Gasteiger partial charge in [0.1, 0.15) is 0 Å². The van der Waals surface area contributed by atoms with Crippen LogP contribution in [0.15, 0.2) is 40.0 Å².